The summed E-state index contributed by atoms with van der Waals surface area (Å²) < 4.78 is 10.7. The van der Waals surface area contributed by atoms with Crippen LogP contribution in [0, 0.1) is 0 Å². The fourth-order valence-corrected chi connectivity index (χ4v) is 1.87. The van der Waals surface area contributed by atoms with Crippen LogP contribution in [-0.2, 0) is 17.8 Å². The van der Waals surface area contributed by atoms with Crippen LogP contribution in [0.3, 0.4) is 0 Å². The summed E-state index contributed by atoms with van der Waals surface area (Å²) in [7, 11) is 0. The van der Waals surface area contributed by atoms with Crippen LogP contribution in [-0.4, -0.2) is 16.6 Å². The summed E-state index contributed by atoms with van der Waals surface area (Å²) >= 11 is 0. The molecule has 3 N–H and O–H groups in total. The third-order valence-corrected chi connectivity index (χ3v) is 2.70. The summed E-state index contributed by atoms with van der Waals surface area (Å²) in [5.74, 6) is 7.25. The number of hydrazine groups is 1. The number of hydrogen-bond acceptors (Lipinski definition) is 6. The molecule has 3 rings (SSSR count). The molecule has 1 aliphatic heterocycles. The van der Waals surface area contributed by atoms with Gasteiger partial charge in [0, 0.05) is 12.0 Å². The predicted octanol–water partition coefficient (Wildman–Crippen LogP) is 1.09. The predicted molar refractivity (Wildman–Crippen MR) is 60.9 cm³/mol. The lowest BCUT2D eigenvalue weighted by atomic mass is 10.1. The Kier molecular flexibility index (Phi) is 2.50. The third kappa shape index (κ3) is 1.77. The van der Waals surface area contributed by atoms with E-state index in [1.807, 2.05) is 6.07 Å². The smallest absolute Gasteiger partial charge is 0.197 e. The highest BCUT2D eigenvalue weighted by molar-refractivity contribution is 5.55. The van der Waals surface area contributed by atoms with Crippen molar-refractivity contribution in [3.63, 3.8) is 0 Å². The van der Waals surface area contributed by atoms with E-state index in [0.29, 0.717) is 30.6 Å². The van der Waals surface area contributed by atoms with E-state index in [2.05, 4.69) is 15.4 Å². The molecule has 0 spiro atoms. The Morgan fingerprint density at radius 2 is 2.29 bits per heavy atom. The maximum atomic E-state index is 5.47. The lowest BCUT2D eigenvalue weighted by molar-refractivity contribution is 0.109. The molecule has 88 valence electrons. The zero-order chi connectivity index (χ0) is 11.7. The summed E-state index contributed by atoms with van der Waals surface area (Å²) in [5.41, 5.74) is 4.47. The Morgan fingerprint density at radius 1 is 1.35 bits per heavy atom. The summed E-state index contributed by atoms with van der Waals surface area (Å²) in [4.78, 5) is 8.81. The van der Waals surface area contributed by atoms with E-state index < -0.39 is 0 Å². The number of fused-ring (bicyclic) bond motifs is 1. The quantitative estimate of drug-likeness (QED) is 0.595. The molecule has 0 saturated carbocycles. The van der Waals surface area contributed by atoms with Gasteiger partial charge in [-0.1, -0.05) is 0 Å². The molecule has 0 atom stereocenters. The molecule has 0 amide bonds. The lowest BCUT2D eigenvalue weighted by Gasteiger charge is -2.18. The van der Waals surface area contributed by atoms with Gasteiger partial charge in [-0.3, -0.25) is 0 Å². The van der Waals surface area contributed by atoms with Crippen LogP contribution in [0.5, 0.6) is 0 Å². The van der Waals surface area contributed by atoms with E-state index in [4.69, 9.17) is 15.0 Å². The molecule has 17 heavy (non-hydrogen) atoms. The summed E-state index contributed by atoms with van der Waals surface area (Å²) in [5, 5.41) is 0. The normalized spacial score (nSPS) is 14.4. The number of anilines is 1. The third-order valence-electron chi connectivity index (χ3n) is 2.70. The first-order valence-corrected chi connectivity index (χ1v) is 5.36. The zero-order valence-corrected chi connectivity index (χ0v) is 9.14. The van der Waals surface area contributed by atoms with Crippen molar-refractivity contribution in [2.75, 3.05) is 12.0 Å². The topological polar surface area (TPSA) is 86.2 Å². The van der Waals surface area contributed by atoms with E-state index in [-0.39, 0.29) is 0 Å². The Hall–Kier alpha value is -1.92. The first kappa shape index (κ1) is 10.2. The maximum absolute atomic E-state index is 5.47. The molecule has 0 radical (unpaired) electrons. The minimum Gasteiger partial charge on any atom is -0.461 e. The number of furan rings is 1. The minimum absolute atomic E-state index is 0.493. The second-order valence-corrected chi connectivity index (χ2v) is 3.75. The van der Waals surface area contributed by atoms with Crippen molar-refractivity contribution in [2.24, 2.45) is 5.84 Å². The number of nitrogens with zero attached hydrogens (tertiary/aromatic N) is 2. The Balaban J connectivity index is 2.12. The average molecular weight is 232 g/mol. The Bertz CT molecular complexity index is 507. The van der Waals surface area contributed by atoms with Crippen molar-refractivity contribution in [1.29, 1.82) is 0 Å². The van der Waals surface area contributed by atoms with Crippen molar-refractivity contribution in [1.82, 2.24) is 9.97 Å². The van der Waals surface area contributed by atoms with E-state index in [9.17, 15) is 0 Å². The largest absolute Gasteiger partial charge is 0.461 e. The molecule has 1 aliphatic rings. The number of aromatic nitrogens is 2. The molecule has 0 fully saturated rings. The Morgan fingerprint density at radius 3 is 3.06 bits per heavy atom. The van der Waals surface area contributed by atoms with Crippen molar-refractivity contribution >= 4 is 5.82 Å². The van der Waals surface area contributed by atoms with Gasteiger partial charge >= 0.3 is 0 Å². The first-order chi connectivity index (χ1) is 8.38. The molecular weight excluding hydrogens is 220 g/mol. The van der Waals surface area contributed by atoms with Gasteiger partial charge in [0.2, 0.25) is 0 Å². The van der Waals surface area contributed by atoms with Crippen molar-refractivity contribution in [3.8, 4) is 11.6 Å². The second-order valence-electron chi connectivity index (χ2n) is 3.75. The maximum Gasteiger partial charge on any atom is 0.197 e. The number of hydrogen-bond donors (Lipinski definition) is 2. The fourth-order valence-electron chi connectivity index (χ4n) is 1.87. The van der Waals surface area contributed by atoms with Gasteiger partial charge in [0.1, 0.15) is 5.82 Å². The molecule has 2 aromatic rings. The van der Waals surface area contributed by atoms with Gasteiger partial charge in [0.05, 0.1) is 25.2 Å². The molecule has 0 unspecified atom stereocenters. The number of nitrogens with one attached hydrogen (secondary N) is 1. The molecule has 2 aromatic heterocycles. The van der Waals surface area contributed by atoms with Crippen LogP contribution in [0.1, 0.15) is 11.3 Å². The standard InChI is InChI=1S/C11H12N4O2/c12-15-10-7-6-16-5-3-8(7)13-11(14-10)9-2-1-4-17-9/h1-2,4H,3,5-6,12H2,(H,13,14,15). The summed E-state index contributed by atoms with van der Waals surface area (Å²) in [6, 6.07) is 3.62. The summed E-state index contributed by atoms with van der Waals surface area (Å²) in [6.45, 7) is 1.17. The van der Waals surface area contributed by atoms with Crippen LogP contribution in [0.15, 0.2) is 22.8 Å². The molecule has 0 aromatic carbocycles. The molecule has 3 heterocycles. The number of nitrogens with two attached hydrogens (primary N) is 1. The van der Waals surface area contributed by atoms with Gasteiger partial charge < -0.3 is 14.6 Å². The first-order valence-electron chi connectivity index (χ1n) is 5.36. The van der Waals surface area contributed by atoms with Crippen molar-refractivity contribution in [3.05, 3.63) is 29.7 Å². The minimum atomic E-state index is 0.493. The molecule has 0 saturated heterocycles. The van der Waals surface area contributed by atoms with Gasteiger partial charge in [-0.2, -0.15) is 0 Å². The zero-order valence-electron chi connectivity index (χ0n) is 9.14. The van der Waals surface area contributed by atoms with Crippen LogP contribution in [0.2, 0.25) is 0 Å². The van der Waals surface area contributed by atoms with Gasteiger partial charge in [-0.25, -0.2) is 15.8 Å². The SMILES string of the molecule is NNc1nc(-c2ccco2)nc2c1COCC2. The molecule has 6 nitrogen and oxygen atoms in total. The van der Waals surface area contributed by atoms with E-state index in [1.165, 1.54) is 0 Å². The highest BCUT2D eigenvalue weighted by Gasteiger charge is 2.19. The molecular formula is C11H12N4O2. The fraction of sp³-hybridized carbons (Fsp3) is 0.273. The van der Waals surface area contributed by atoms with Crippen LogP contribution in [0.4, 0.5) is 5.82 Å². The second kappa shape index (κ2) is 4.15. The summed E-state index contributed by atoms with van der Waals surface area (Å²) in [6.07, 6.45) is 2.36. The number of rotatable bonds is 2. The number of nitrogen functional groups attached to an aromatic ring is 1. The van der Waals surface area contributed by atoms with E-state index >= 15 is 0 Å². The van der Waals surface area contributed by atoms with Gasteiger partial charge in [0.15, 0.2) is 11.6 Å². The van der Waals surface area contributed by atoms with Crippen LogP contribution < -0.4 is 11.3 Å². The van der Waals surface area contributed by atoms with E-state index in [0.717, 1.165) is 17.7 Å². The highest BCUT2D eigenvalue weighted by atomic mass is 16.5. The van der Waals surface area contributed by atoms with E-state index in [1.54, 1.807) is 12.3 Å². The van der Waals surface area contributed by atoms with Crippen molar-refractivity contribution < 1.29 is 9.15 Å². The van der Waals surface area contributed by atoms with Crippen LogP contribution in [0.25, 0.3) is 11.6 Å². The Labute approximate surface area is 97.8 Å². The molecule has 0 bridgehead atoms. The van der Waals surface area contributed by atoms with Gasteiger partial charge in [-0.05, 0) is 12.1 Å². The van der Waals surface area contributed by atoms with Gasteiger partial charge in [-0.15, -0.1) is 0 Å². The van der Waals surface area contributed by atoms with Gasteiger partial charge in [0.25, 0.3) is 0 Å². The monoisotopic (exact) mass is 232 g/mol. The average Bonchev–Trinajstić information content (AvgIpc) is 2.91. The molecule has 6 heteroatoms. The number of ether oxygens (including phenoxy) is 1. The lowest BCUT2D eigenvalue weighted by Crippen LogP contribution is -2.19. The molecule has 0 aliphatic carbocycles. The highest BCUT2D eigenvalue weighted by Crippen LogP contribution is 2.25. The van der Waals surface area contributed by atoms with Crippen LogP contribution >= 0.6 is 0 Å². The van der Waals surface area contributed by atoms with Crippen molar-refractivity contribution in [2.45, 2.75) is 13.0 Å².